The van der Waals surface area contributed by atoms with Crippen LogP contribution in [0.4, 0.5) is 0 Å². The molecule has 0 spiro atoms. The monoisotopic (exact) mass is 384 g/mol. The third-order valence-electron chi connectivity index (χ3n) is 5.33. The number of hydrogen-bond acceptors (Lipinski definition) is 2. The Bertz CT molecular complexity index is 969. The lowest BCUT2D eigenvalue weighted by Crippen LogP contribution is -2.37. The third kappa shape index (κ3) is 4.37. The fraction of sp³-hybridized carbons (Fsp3) is 0.200. The van der Waals surface area contributed by atoms with Gasteiger partial charge in [0, 0.05) is 37.3 Å². The molecule has 29 heavy (non-hydrogen) atoms. The van der Waals surface area contributed by atoms with Gasteiger partial charge in [0.1, 0.15) is 0 Å². The number of rotatable bonds is 3. The van der Waals surface area contributed by atoms with Gasteiger partial charge in [-0.2, -0.15) is 0 Å². The summed E-state index contributed by atoms with van der Waals surface area (Å²) in [7, 11) is 0. The Balaban J connectivity index is 1.41. The highest BCUT2D eigenvalue weighted by atomic mass is 16.2. The SMILES string of the molecule is O=C(c1ccccc1)N1CCCN(C(=O)c2ccc(-c3ccccc3)cc2)CC1. The molecule has 3 aromatic carbocycles. The van der Waals surface area contributed by atoms with Gasteiger partial charge in [-0.3, -0.25) is 9.59 Å². The number of nitrogens with zero attached hydrogens (tertiary/aromatic N) is 2. The van der Waals surface area contributed by atoms with Crippen molar-refractivity contribution in [2.75, 3.05) is 26.2 Å². The van der Waals surface area contributed by atoms with Crippen LogP contribution in [0, 0.1) is 0 Å². The van der Waals surface area contributed by atoms with Crippen molar-refractivity contribution in [3.63, 3.8) is 0 Å². The molecule has 0 unspecified atom stereocenters. The van der Waals surface area contributed by atoms with E-state index in [0.717, 1.165) is 17.5 Å². The molecule has 1 fully saturated rings. The fourth-order valence-electron chi connectivity index (χ4n) is 3.71. The Morgan fingerprint density at radius 2 is 0.966 bits per heavy atom. The summed E-state index contributed by atoms with van der Waals surface area (Å²) in [5.74, 6) is 0.0609. The van der Waals surface area contributed by atoms with Crippen molar-refractivity contribution in [1.82, 2.24) is 9.80 Å². The van der Waals surface area contributed by atoms with Gasteiger partial charge in [0.25, 0.3) is 11.8 Å². The van der Waals surface area contributed by atoms with Crippen LogP contribution in [-0.2, 0) is 0 Å². The first-order valence-corrected chi connectivity index (χ1v) is 10.0. The standard InChI is InChI=1S/C25H24N2O2/c28-24(22-10-5-2-6-11-22)26-16-7-17-27(19-18-26)25(29)23-14-12-21(13-15-23)20-8-3-1-4-9-20/h1-6,8-15H,7,16-19H2. The van der Waals surface area contributed by atoms with Crippen LogP contribution in [0.15, 0.2) is 84.9 Å². The Hall–Kier alpha value is -3.40. The molecule has 4 nitrogen and oxygen atoms in total. The van der Waals surface area contributed by atoms with Crippen LogP contribution < -0.4 is 0 Å². The van der Waals surface area contributed by atoms with E-state index in [9.17, 15) is 9.59 Å². The number of carbonyl (C=O) groups is 2. The van der Waals surface area contributed by atoms with Crippen LogP contribution in [0.1, 0.15) is 27.1 Å². The van der Waals surface area contributed by atoms with E-state index < -0.39 is 0 Å². The maximum Gasteiger partial charge on any atom is 0.253 e. The van der Waals surface area contributed by atoms with Gasteiger partial charge in [-0.1, -0.05) is 60.7 Å². The van der Waals surface area contributed by atoms with Crippen molar-refractivity contribution < 1.29 is 9.59 Å². The molecule has 2 amide bonds. The van der Waals surface area contributed by atoms with Gasteiger partial charge in [0.2, 0.25) is 0 Å². The maximum atomic E-state index is 13.0. The Morgan fingerprint density at radius 1 is 0.517 bits per heavy atom. The second-order valence-corrected chi connectivity index (χ2v) is 7.25. The third-order valence-corrected chi connectivity index (χ3v) is 5.33. The zero-order valence-corrected chi connectivity index (χ0v) is 16.3. The van der Waals surface area contributed by atoms with Crippen molar-refractivity contribution in [2.24, 2.45) is 0 Å². The molecule has 0 radical (unpaired) electrons. The van der Waals surface area contributed by atoms with Gasteiger partial charge < -0.3 is 9.80 Å². The largest absolute Gasteiger partial charge is 0.337 e. The quantitative estimate of drug-likeness (QED) is 0.674. The first kappa shape index (κ1) is 18.9. The Morgan fingerprint density at radius 3 is 1.52 bits per heavy atom. The molecule has 1 aliphatic rings. The number of benzene rings is 3. The highest BCUT2D eigenvalue weighted by molar-refractivity contribution is 5.95. The number of amides is 2. The molecule has 3 aromatic rings. The summed E-state index contributed by atoms with van der Waals surface area (Å²) in [6.07, 6.45) is 0.784. The molecule has 1 saturated heterocycles. The highest BCUT2D eigenvalue weighted by Gasteiger charge is 2.23. The second kappa shape index (κ2) is 8.74. The lowest BCUT2D eigenvalue weighted by atomic mass is 10.0. The molecule has 1 aliphatic heterocycles. The van der Waals surface area contributed by atoms with Gasteiger partial charge >= 0.3 is 0 Å². The van der Waals surface area contributed by atoms with Crippen LogP contribution in [-0.4, -0.2) is 47.8 Å². The van der Waals surface area contributed by atoms with E-state index in [1.54, 1.807) is 0 Å². The minimum atomic E-state index is 0.0265. The summed E-state index contributed by atoms with van der Waals surface area (Å²) < 4.78 is 0. The summed E-state index contributed by atoms with van der Waals surface area (Å²) in [6.45, 7) is 2.45. The van der Waals surface area contributed by atoms with Gasteiger partial charge in [0.05, 0.1) is 0 Å². The average Bonchev–Trinajstić information content (AvgIpc) is 3.06. The van der Waals surface area contributed by atoms with Gasteiger partial charge in [0.15, 0.2) is 0 Å². The summed E-state index contributed by atoms with van der Waals surface area (Å²) in [5, 5.41) is 0. The van der Waals surface area contributed by atoms with E-state index in [-0.39, 0.29) is 11.8 Å². The summed E-state index contributed by atoms with van der Waals surface area (Å²) in [4.78, 5) is 29.4. The lowest BCUT2D eigenvalue weighted by Gasteiger charge is -2.22. The molecule has 0 N–H and O–H groups in total. The zero-order chi connectivity index (χ0) is 20.1. The van der Waals surface area contributed by atoms with Crippen LogP contribution in [0.3, 0.4) is 0 Å². The first-order chi connectivity index (χ1) is 14.2. The molecular formula is C25H24N2O2. The van der Waals surface area contributed by atoms with E-state index in [0.29, 0.717) is 37.3 Å². The topological polar surface area (TPSA) is 40.6 Å². The molecule has 0 aliphatic carbocycles. The minimum Gasteiger partial charge on any atom is -0.337 e. The van der Waals surface area contributed by atoms with Crippen LogP contribution in [0.5, 0.6) is 0 Å². The summed E-state index contributed by atoms with van der Waals surface area (Å²) in [5.41, 5.74) is 3.62. The molecule has 4 rings (SSSR count). The predicted octanol–water partition coefficient (Wildman–Crippen LogP) is 4.34. The predicted molar refractivity (Wildman–Crippen MR) is 115 cm³/mol. The Kier molecular flexibility index (Phi) is 5.71. The smallest absolute Gasteiger partial charge is 0.253 e. The van der Waals surface area contributed by atoms with Crippen LogP contribution >= 0.6 is 0 Å². The second-order valence-electron chi connectivity index (χ2n) is 7.25. The van der Waals surface area contributed by atoms with E-state index in [1.165, 1.54) is 0 Å². The van der Waals surface area contributed by atoms with Crippen LogP contribution in [0.2, 0.25) is 0 Å². The van der Waals surface area contributed by atoms with E-state index in [4.69, 9.17) is 0 Å². The minimum absolute atomic E-state index is 0.0265. The molecule has 0 saturated carbocycles. The van der Waals surface area contributed by atoms with Crippen molar-refractivity contribution in [1.29, 1.82) is 0 Å². The van der Waals surface area contributed by atoms with Gasteiger partial charge in [-0.25, -0.2) is 0 Å². The highest BCUT2D eigenvalue weighted by Crippen LogP contribution is 2.20. The van der Waals surface area contributed by atoms with Crippen molar-refractivity contribution >= 4 is 11.8 Å². The Labute approximate surface area is 171 Å². The van der Waals surface area contributed by atoms with E-state index in [2.05, 4.69) is 12.1 Å². The number of carbonyl (C=O) groups excluding carboxylic acids is 2. The lowest BCUT2D eigenvalue weighted by molar-refractivity contribution is 0.0719. The number of hydrogen-bond donors (Lipinski definition) is 0. The van der Waals surface area contributed by atoms with E-state index in [1.807, 2.05) is 82.6 Å². The normalized spacial score (nSPS) is 14.3. The molecule has 0 atom stereocenters. The average molecular weight is 384 g/mol. The zero-order valence-electron chi connectivity index (χ0n) is 16.3. The molecular weight excluding hydrogens is 360 g/mol. The first-order valence-electron chi connectivity index (χ1n) is 10.0. The molecule has 1 heterocycles. The molecule has 0 aromatic heterocycles. The van der Waals surface area contributed by atoms with E-state index >= 15 is 0 Å². The van der Waals surface area contributed by atoms with Crippen molar-refractivity contribution in [3.8, 4) is 11.1 Å². The van der Waals surface area contributed by atoms with Crippen molar-refractivity contribution in [2.45, 2.75) is 6.42 Å². The van der Waals surface area contributed by atoms with Gasteiger partial charge in [-0.05, 0) is 41.8 Å². The summed E-state index contributed by atoms with van der Waals surface area (Å²) in [6, 6.07) is 27.2. The fourth-order valence-corrected chi connectivity index (χ4v) is 3.71. The van der Waals surface area contributed by atoms with Crippen LogP contribution in [0.25, 0.3) is 11.1 Å². The van der Waals surface area contributed by atoms with Crippen molar-refractivity contribution in [3.05, 3.63) is 96.1 Å². The summed E-state index contributed by atoms with van der Waals surface area (Å²) >= 11 is 0. The maximum absolute atomic E-state index is 13.0. The molecule has 4 heteroatoms. The molecule has 0 bridgehead atoms. The molecule has 146 valence electrons. The van der Waals surface area contributed by atoms with Gasteiger partial charge in [-0.15, -0.1) is 0 Å².